The fraction of sp³-hybridized carbons (Fsp3) is 0.333. The molecule has 2 aromatic rings. The number of nitrogens with two attached hydrogens (primary N) is 1. The lowest BCUT2D eigenvalue weighted by molar-refractivity contribution is 0.166. The van der Waals surface area contributed by atoms with Crippen LogP contribution in [0.3, 0.4) is 0 Å². The lowest BCUT2D eigenvalue weighted by Gasteiger charge is -2.08. The molecule has 0 saturated heterocycles. The van der Waals surface area contributed by atoms with E-state index in [0.29, 0.717) is 22.2 Å². The average Bonchev–Trinajstić information content (AvgIpc) is 2.22. The zero-order valence-electron chi connectivity index (χ0n) is 9.98. The number of ether oxygens (including phenoxy) is 1. The van der Waals surface area contributed by atoms with E-state index in [1.54, 1.807) is 19.1 Å². The molecule has 1 heterocycles. The number of aromatic nitrogens is 1. The van der Waals surface area contributed by atoms with Crippen molar-refractivity contribution in [2.24, 2.45) is 0 Å². The summed E-state index contributed by atoms with van der Waals surface area (Å²) in [5.41, 5.74) is 7.01. The van der Waals surface area contributed by atoms with Crippen molar-refractivity contribution in [3.8, 4) is 6.08 Å². The van der Waals surface area contributed by atoms with Gasteiger partial charge in [-0.2, -0.15) is 4.98 Å². The lowest BCUT2D eigenvalue weighted by atomic mass is 10.1. The Bertz CT molecular complexity index is 617. The zero-order chi connectivity index (χ0) is 12.6. The van der Waals surface area contributed by atoms with E-state index in [0.717, 1.165) is 0 Å². The zero-order valence-corrected chi connectivity index (χ0v) is 9.98. The molecule has 0 fully saturated rings. The number of benzene rings is 1. The molecular weight excluding hydrogens is 220 g/mol. The third-order valence-electron chi connectivity index (χ3n) is 2.42. The molecular formula is C12H14N2O3. The van der Waals surface area contributed by atoms with Gasteiger partial charge in [-0.25, -0.2) is 4.79 Å². The second-order valence-corrected chi connectivity index (χ2v) is 4.11. The van der Waals surface area contributed by atoms with Crippen LogP contribution in [0.15, 0.2) is 21.3 Å². The van der Waals surface area contributed by atoms with Gasteiger partial charge >= 0.3 is 11.7 Å². The lowest BCUT2D eigenvalue weighted by Crippen LogP contribution is -2.11. The van der Waals surface area contributed by atoms with Gasteiger partial charge in [-0.15, -0.1) is 0 Å². The van der Waals surface area contributed by atoms with E-state index in [2.05, 4.69) is 4.98 Å². The first-order valence-electron chi connectivity index (χ1n) is 5.35. The standard InChI is InChI=1S/C12H14N2O3/c1-6(2)16-12-14-9-5-4-8(13)7(3)10(9)11(15)17-12/h4-6H,13H2,1-3H3. The molecule has 90 valence electrons. The summed E-state index contributed by atoms with van der Waals surface area (Å²) in [4.78, 5) is 15.9. The van der Waals surface area contributed by atoms with Crippen molar-refractivity contribution >= 4 is 16.6 Å². The van der Waals surface area contributed by atoms with Crippen LogP contribution < -0.4 is 16.1 Å². The normalized spacial score (nSPS) is 11.1. The van der Waals surface area contributed by atoms with Crippen molar-refractivity contribution < 1.29 is 9.15 Å². The van der Waals surface area contributed by atoms with E-state index in [9.17, 15) is 4.79 Å². The maximum Gasteiger partial charge on any atom is 0.397 e. The molecule has 2 rings (SSSR count). The maximum absolute atomic E-state index is 11.8. The van der Waals surface area contributed by atoms with Crippen LogP contribution in [0.5, 0.6) is 6.08 Å². The van der Waals surface area contributed by atoms with Crippen molar-refractivity contribution in [2.45, 2.75) is 26.9 Å². The fourth-order valence-corrected chi connectivity index (χ4v) is 1.57. The van der Waals surface area contributed by atoms with E-state index >= 15 is 0 Å². The summed E-state index contributed by atoms with van der Waals surface area (Å²) in [6.07, 6.45) is -0.111. The van der Waals surface area contributed by atoms with Crippen molar-refractivity contribution in [2.75, 3.05) is 5.73 Å². The summed E-state index contributed by atoms with van der Waals surface area (Å²) < 4.78 is 10.3. The highest BCUT2D eigenvalue weighted by molar-refractivity contribution is 5.85. The maximum atomic E-state index is 11.8. The Labute approximate surface area is 98.2 Å². The Hall–Kier alpha value is -2.04. The number of nitrogen functional groups attached to an aromatic ring is 1. The van der Waals surface area contributed by atoms with Crippen LogP contribution in [0.25, 0.3) is 10.9 Å². The van der Waals surface area contributed by atoms with Gasteiger partial charge < -0.3 is 14.9 Å². The molecule has 0 aliphatic carbocycles. The molecule has 0 radical (unpaired) electrons. The number of anilines is 1. The largest absolute Gasteiger partial charge is 0.447 e. The molecule has 0 saturated carbocycles. The Morgan fingerprint density at radius 2 is 2.12 bits per heavy atom. The quantitative estimate of drug-likeness (QED) is 0.802. The van der Waals surface area contributed by atoms with Crippen molar-refractivity contribution in [1.82, 2.24) is 4.98 Å². The first-order valence-corrected chi connectivity index (χ1v) is 5.35. The van der Waals surface area contributed by atoms with Crippen LogP contribution in [0.4, 0.5) is 5.69 Å². The van der Waals surface area contributed by atoms with E-state index in [4.69, 9.17) is 14.9 Å². The van der Waals surface area contributed by atoms with Gasteiger partial charge in [-0.3, -0.25) is 0 Å². The number of fused-ring (bicyclic) bond motifs is 1. The first-order chi connectivity index (χ1) is 7.99. The second kappa shape index (κ2) is 4.08. The van der Waals surface area contributed by atoms with Crippen LogP contribution >= 0.6 is 0 Å². The van der Waals surface area contributed by atoms with Gasteiger partial charge in [0, 0.05) is 5.69 Å². The number of hydrogen-bond donors (Lipinski definition) is 1. The summed E-state index contributed by atoms with van der Waals surface area (Å²) in [6.45, 7) is 5.43. The molecule has 1 aromatic heterocycles. The van der Waals surface area contributed by atoms with Gasteiger partial charge in [0.1, 0.15) is 0 Å². The van der Waals surface area contributed by atoms with Crippen LogP contribution in [0.2, 0.25) is 0 Å². The molecule has 0 bridgehead atoms. The molecule has 0 unspecified atom stereocenters. The summed E-state index contributed by atoms with van der Waals surface area (Å²) >= 11 is 0. The first kappa shape index (κ1) is 11.4. The van der Waals surface area contributed by atoms with Crippen molar-refractivity contribution in [1.29, 1.82) is 0 Å². The molecule has 2 N–H and O–H groups in total. The summed E-state index contributed by atoms with van der Waals surface area (Å²) in [6, 6.07) is 3.39. The average molecular weight is 234 g/mol. The van der Waals surface area contributed by atoms with Crippen LogP contribution in [0.1, 0.15) is 19.4 Å². The highest BCUT2D eigenvalue weighted by atomic mass is 16.6. The molecule has 0 aliphatic rings. The molecule has 0 atom stereocenters. The van der Waals surface area contributed by atoms with Gasteiger partial charge in [0.15, 0.2) is 0 Å². The smallest absolute Gasteiger partial charge is 0.397 e. The minimum absolute atomic E-state index is 0.0123. The summed E-state index contributed by atoms with van der Waals surface area (Å²) in [5, 5.41) is 0.404. The van der Waals surface area contributed by atoms with Crippen LogP contribution in [-0.4, -0.2) is 11.1 Å². The van der Waals surface area contributed by atoms with Gasteiger partial charge in [0.05, 0.1) is 17.0 Å². The van der Waals surface area contributed by atoms with E-state index in [1.807, 2.05) is 13.8 Å². The van der Waals surface area contributed by atoms with E-state index in [1.165, 1.54) is 0 Å². The number of nitrogens with zero attached hydrogens (tertiary/aromatic N) is 1. The number of hydrogen-bond acceptors (Lipinski definition) is 5. The molecule has 5 nitrogen and oxygen atoms in total. The summed E-state index contributed by atoms with van der Waals surface area (Å²) in [5.74, 6) is 0. The van der Waals surface area contributed by atoms with Gasteiger partial charge in [0.2, 0.25) is 0 Å². The fourth-order valence-electron chi connectivity index (χ4n) is 1.57. The molecule has 0 spiro atoms. The predicted molar refractivity (Wildman–Crippen MR) is 65.2 cm³/mol. The number of aryl methyl sites for hydroxylation is 1. The number of rotatable bonds is 2. The Balaban J connectivity index is 2.68. The van der Waals surface area contributed by atoms with Gasteiger partial charge in [0.25, 0.3) is 0 Å². The summed E-state index contributed by atoms with van der Waals surface area (Å²) in [7, 11) is 0. The van der Waals surface area contributed by atoms with Crippen molar-refractivity contribution in [3.05, 3.63) is 28.1 Å². The van der Waals surface area contributed by atoms with Gasteiger partial charge in [-0.05, 0) is 38.5 Å². The minimum Gasteiger partial charge on any atom is -0.447 e. The monoisotopic (exact) mass is 234 g/mol. The van der Waals surface area contributed by atoms with Crippen LogP contribution in [-0.2, 0) is 0 Å². The van der Waals surface area contributed by atoms with Crippen LogP contribution in [0, 0.1) is 6.92 Å². The van der Waals surface area contributed by atoms with E-state index < -0.39 is 5.63 Å². The van der Waals surface area contributed by atoms with Gasteiger partial charge in [-0.1, -0.05) is 0 Å². The predicted octanol–water partition coefficient (Wildman–Crippen LogP) is 1.87. The van der Waals surface area contributed by atoms with E-state index in [-0.39, 0.29) is 12.2 Å². The highest BCUT2D eigenvalue weighted by Crippen LogP contribution is 2.21. The third kappa shape index (κ3) is 2.08. The molecule has 0 aliphatic heterocycles. The molecule has 1 aromatic carbocycles. The Morgan fingerprint density at radius 1 is 1.41 bits per heavy atom. The third-order valence-corrected chi connectivity index (χ3v) is 2.42. The minimum atomic E-state index is -0.476. The highest BCUT2D eigenvalue weighted by Gasteiger charge is 2.12. The Morgan fingerprint density at radius 3 is 2.76 bits per heavy atom. The topological polar surface area (TPSA) is 78.3 Å². The molecule has 17 heavy (non-hydrogen) atoms. The molecule has 0 amide bonds. The second-order valence-electron chi connectivity index (χ2n) is 4.11. The SMILES string of the molecule is Cc1c(N)ccc2nc(OC(C)C)oc(=O)c12. The Kier molecular flexibility index (Phi) is 2.75. The van der Waals surface area contributed by atoms with Crippen molar-refractivity contribution in [3.63, 3.8) is 0 Å². The molecule has 5 heteroatoms.